The van der Waals surface area contributed by atoms with Crippen molar-refractivity contribution in [2.45, 2.75) is 27.0 Å². The van der Waals surface area contributed by atoms with Gasteiger partial charge in [0.1, 0.15) is 17.4 Å². The number of carbonyl (C=O) groups excluding carboxylic acids is 1. The number of nitrogens with one attached hydrogen (secondary N) is 1. The van der Waals surface area contributed by atoms with Crippen molar-refractivity contribution in [2.24, 2.45) is 5.73 Å². The molecular formula is C23H24ClN3O3. The zero-order valence-electron chi connectivity index (χ0n) is 17.2. The zero-order chi connectivity index (χ0) is 21.8. The van der Waals surface area contributed by atoms with Crippen LogP contribution >= 0.6 is 11.6 Å². The fourth-order valence-electron chi connectivity index (χ4n) is 3.27. The van der Waals surface area contributed by atoms with E-state index in [-0.39, 0.29) is 17.5 Å². The summed E-state index contributed by atoms with van der Waals surface area (Å²) in [4.78, 5) is 25.1. The molecule has 3 rings (SSSR count). The van der Waals surface area contributed by atoms with Crippen molar-refractivity contribution in [3.05, 3.63) is 91.9 Å². The monoisotopic (exact) mass is 425 g/mol. The fraction of sp³-hybridized carbons (Fsp3) is 0.217. The van der Waals surface area contributed by atoms with Gasteiger partial charge < -0.3 is 15.8 Å². The number of ether oxygens (including phenoxy) is 1. The quantitative estimate of drug-likeness (QED) is 0.632. The summed E-state index contributed by atoms with van der Waals surface area (Å²) in [5, 5.41) is 2.57. The van der Waals surface area contributed by atoms with Crippen LogP contribution in [-0.2, 0) is 13.2 Å². The van der Waals surface area contributed by atoms with Crippen LogP contribution in [0.25, 0.3) is 5.69 Å². The fourth-order valence-corrected chi connectivity index (χ4v) is 3.47. The van der Waals surface area contributed by atoms with Crippen molar-refractivity contribution in [2.75, 3.05) is 7.05 Å². The maximum atomic E-state index is 13.1. The molecule has 0 aliphatic heterocycles. The maximum Gasteiger partial charge on any atom is 0.277 e. The first-order chi connectivity index (χ1) is 14.4. The molecule has 0 radical (unpaired) electrons. The highest BCUT2D eigenvalue weighted by molar-refractivity contribution is 6.31. The van der Waals surface area contributed by atoms with Crippen LogP contribution in [0.5, 0.6) is 5.75 Å². The highest BCUT2D eigenvalue weighted by atomic mass is 35.5. The van der Waals surface area contributed by atoms with Gasteiger partial charge in [0.2, 0.25) is 0 Å². The number of nitrogens with two attached hydrogens (primary N) is 1. The van der Waals surface area contributed by atoms with Gasteiger partial charge in [0.25, 0.3) is 11.5 Å². The lowest BCUT2D eigenvalue weighted by Crippen LogP contribution is -2.24. The molecule has 0 aliphatic rings. The normalized spacial score (nSPS) is 10.7. The van der Waals surface area contributed by atoms with Gasteiger partial charge in [-0.2, -0.15) is 0 Å². The molecule has 0 bridgehead atoms. The van der Waals surface area contributed by atoms with E-state index in [1.807, 2.05) is 31.2 Å². The SMILES string of the molecule is CNC(=O)c1ccc(C)c(-n2c(C)cc(OCc3ccccc3CN)c(Cl)c2=O)c1. The third kappa shape index (κ3) is 4.25. The van der Waals surface area contributed by atoms with Crippen LogP contribution in [-0.4, -0.2) is 17.5 Å². The van der Waals surface area contributed by atoms with E-state index in [0.717, 1.165) is 16.7 Å². The number of carbonyl (C=O) groups is 1. The van der Waals surface area contributed by atoms with Gasteiger partial charge in [-0.05, 0) is 42.7 Å². The van der Waals surface area contributed by atoms with E-state index in [1.54, 1.807) is 38.2 Å². The van der Waals surface area contributed by atoms with E-state index in [4.69, 9.17) is 22.1 Å². The molecule has 0 saturated heterocycles. The number of hydrogen-bond acceptors (Lipinski definition) is 4. The Kier molecular flexibility index (Phi) is 6.59. The van der Waals surface area contributed by atoms with Gasteiger partial charge in [0.05, 0.1) is 5.69 Å². The van der Waals surface area contributed by atoms with Gasteiger partial charge in [0.15, 0.2) is 0 Å². The van der Waals surface area contributed by atoms with Crippen molar-refractivity contribution in [3.8, 4) is 11.4 Å². The molecule has 2 aromatic carbocycles. The highest BCUT2D eigenvalue weighted by Gasteiger charge is 2.17. The van der Waals surface area contributed by atoms with Crippen LogP contribution in [0.2, 0.25) is 5.02 Å². The van der Waals surface area contributed by atoms with Crippen molar-refractivity contribution in [3.63, 3.8) is 0 Å². The third-order valence-corrected chi connectivity index (χ3v) is 5.31. The molecule has 3 N–H and O–H groups in total. The van der Waals surface area contributed by atoms with E-state index in [9.17, 15) is 9.59 Å². The molecule has 1 heterocycles. The molecule has 0 atom stereocenters. The minimum atomic E-state index is -0.407. The van der Waals surface area contributed by atoms with Gasteiger partial charge >= 0.3 is 0 Å². The Bertz CT molecular complexity index is 1150. The molecule has 1 amide bonds. The van der Waals surface area contributed by atoms with Crippen LogP contribution in [0.3, 0.4) is 0 Å². The summed E-state index contributed by atoms with van der Waals surface area (Å²) in [6.45, 7) is 4.32. The Labute approximate surface area is 180 Å². The zero-order valence-corrected chi connectivity index (χ0v) is 17.9. The van der Waals surface area contributed by atoms with Crippen LogP contribution in [0, 0.1) is 13.8 Å². The van der Waals surface area contributed by atoms with E-state index in [0.29, 0.717) is 29.2 Å². The van der Waals surface area contributed by atoms with Crippen LogP contribution in [0.15, 0.2) is 53.3 Å². The lowest BCUT2D eigenvalue weighted by Gasteiger charge is -2.17. The van der Waals surface area contributed by atoms with E-state index in [2.05, 4.69) is 5.32 Å². The van der Waals surface area contributed by atoms with Gasteiger partial charge in [-0.25, -0.2) is 0 Å². The first-order valence-corrected chi connectivity index (χ1v) is 9.90. The second-order valence-electron chi connectivity index (χ2n) is 6.95. The molecule has 30 heavy (non-hydrogen) atoms. The summed E-state index contributed by atoms with van der Waals surface area (Å²) >= 11 is 6.38. The molecule has 156 valence electrons. The minimum absolute atomic E-state index is 0.0180. The predicted molar refractivity (Wildman–Crippen MR) is 119 cm³/mol. The number of benzene rings is 2. The molecule has 0 saturated carbocycles. The topological polar surface area (TPSA) is 86.3 Å². The van der Waals surface area contributed by atoms with Crippen molar-refractivity contribution >= 4 is 17.5 Å². The van der Waals surface area contributed by atoms with Crippen LogP contribution < -0.4 is 21.3 Å². The number of hydrogen-bond donors (Lipinski definition) is 2. The van der Waals surface area contributed by atoms with Crippen molar-refractivity contribution in [1.82, 2.24) is 9.88 Å². The molecule has 0 unspecified atom stereocenters. The molecule has 1 aromatic heterocycles. The number of nitrogens with zero attached hydrogens (tertiary/aromatic N) is 1. The van der Waals surface area contributed by atoms with Gasteiger partial charge in [-0.3, -0.25) is 14.2 Å². The number of rotatable bonds is 6. The third-order valence-electron chi connectivity index (χ3n) is 4.96. The van der Waals surface area contributed by atoms with Gasteiger partial charge in [-0.15, -0.1) is 0 Å². The molecule has 7 heteroatoms. The summed E-state index contributed by atoms with van der Waals surface area (Å²) in [7, 11) is 1.56. The second kappa shape index (κ2) is 9.15. The van der Waals surface area contributed by atoms with Gasteiger partial charge in [-0.1, -0.05) is 41.9 Å². The van der Waals surface area contributed by atoms with E-state index < -0.39 is 5.56 Å². The first-order valence-electron chi connectivity index (χ1n) is 9.52. The summed E-state index contributed by atoms with van der Waals surface area (Å²) in [5.41, 5.74) is 9.82. The lowest BCUT2D eigenvalue weighted by molar-refractivity contribution is 0.0963. The van der Waals surface area contributed by atoms with Crippen LogP contribution in [0.1, 0.15) is 32.7 Å². The number of amides is 1. The smallest absolute Gasteiger partial charge is 0.277 e. The molecule has 3 aromatic rings. The average Bonchev–Trinajstić information content (AvgIpc) is 2.76. The summed E-state index contributed by atoms with van der Waals surface area (Å²) in [6, 6.07) is 14.6. The first kappa shape index (κ1) is 21.6. The van der Waals surface area contributed by atoms with Crippen molar-refractivity contribution in [1.29, 1.82) is 0 Å². The van der Waals surface area contributed by atoms with Gasteiger partial charge in [0, 0.05) is 30.9 Å². The predicted octanol–water partition coefficient (Wildman–Crippen LogP) is 3.51. The lowest BCUT2D eigenvalue weighted by atomic mass is 10.1. The van der Waals surface area contributed by atoms with Crippen molar-refractivity contribution < 1.29 is 9.53 Å². The summed E-state index contributed by atoms with van der Waals surface area (Å²) in [6.07, 6.45) is 0. The second-order valence-corrected chi connectivity index (χ2v) is 7.32. The standard InChI is InChI=1S/C23H24ClN3O3/c1-14-8-9-16(22(28)26-3)11-19(14)27-15(2)10-20(21(24)23(27)29)30-13-18-7-5-4-6-17(18)12-25/h4-11H,12-13,25H2,1-3H3,(H,26,28). The van der Waals surface area contributed by atoms with E-state index in [1.165, 1.54) is 4.57 Å². The minimum Gasteiger partial charge on any atom is -0.487 e. The Hall–Kier alpha value is -3.09. The Morgan fingerprint density at radius 1 is 1.13 bits per heavy atom. The molecular weight excluding hydrogens is 402 g/mol. The number of pyridine rings is 1. The molecule has 0 aliphatic carbocycles. The molecule has 0 fully saturated rings. The van der Waals surface area contributed by atoms with Crippen LogP contribution in [0.4, 0.5) is 0 Å². The average molecular weight is 426 g/mol. The maximum absolute atomic E-state index is 13.1. The van der Waals surface area contributed by atoms with E-state index >= 15 is 0 Å². The summed E-state index contributed by atoms with van der Waals surface area (Å²) < 4.78 is 7.35. The highest BCUT2D eigenvalue weighted by Crippen LogP contribution is 2.26. The largest absolute Gasteiger partial charge is 0.487 e. The molecule has 6 nitrogen and oxygen atoms in total. The number of aromatic nitrogens is 1. The summed E-state index contributed by atoms with van der Waals surface area (Å²) in [5.74, 6) is 0.0777. The Morgan fingerprint density at radius 3 is 2.50 bits per heavy atom. The molecule has 0 spiro atoms. The number of halogens is 1. The Balaban J connectivity index is 2.00. The Morgan fingerprint density at radius 2 is 1.83 bits per heavy atom. The number of aryl methyl sites for hydroxylation is 2.